The van der Waals surface area contributed by atoms with Gasteiger partial charge < -0.3 is 5.32 Å². The molecule has 1 atom stereocenters. The third-order valence-electron chi connectivity index (χ3n) is 4.04. The molecule has 0 bridgehead atoms. The molecule has 2 aromatic carbocycles. The van der Waals surface area contributed by atoms with Crippen LogP contribution in [0.25, 0.3) is 10.8 Å². The van der Waals surface area contributed by atoms with Crippen LogP contribution in [0.3, 0.4) is 0 Å². The van der Waals surface area contributed by atoms with Gasteiger partial charge >= 0.3 is 0 Å². The predicted octanol–water partition coefficient (Wildman–Crippen LogP) is 3.45. The average Bonchev–Trinajstić information content (AvgIpc) is 2.97. The largest absolute Gasteiger partial charge is 0.374 e. The maximum absolute atomic E-state index is 12.8. The molecule has 0 spiro atoms. The Kier molecular flexibility index (Phi) is 2.71. The fourth-order valence-corrected chi connectivity index (χ4v) is 2.97. The molecule has 1 aromatic heterocycles. The number of anilines is 1. The fourth-order valence-electron chi connectivity index (χ4n) is 2.97. The van der Waals surface area contributed by atoms with Crippen molar-refractivity contribution in [2.45, 2.75) is 12.5 Å². The van der Waals surface area contributed by atoms with E-state index in [0.29, 0.717) is 0 Å². The Morgan fingerprint density at radius 3 is 2.90 bits per heavy atom. The Hall–Kier alpha value is -2.68. The Morgan fingerprint density at radius 2 is 2.00 bits per heavy atom. The van der Waals surface area contributed by atoms with E-state index in [9.17, 15) is 4.79 Å². The molecule has 0 amide bonds. The lowest BCUT2D eigenvalue weighted by molar-refractivity contribution is 0.0973. The van der Waals surface area contributed by atoms with E-state index in [4.69, 9.17) is 0 Å². The highest BCUT2D eigenvalue weighted by molar-refractivity contribution is 6.11. The minimum atomic E-state index is -0.187. The lowest BCUT2D eigenvalue weighted by Gasteiger charge is -2.12. The van der Waals surface area contributed by atoms with E-state index in [-0.39, 0.29) is 11.8 Å². The fraction of sp³-hybridized carbons (Fsp3) is 0.111. The van der Waals surface area contributed by atoms with E-state index in [1.165, 1.54) is 5.56 Å². The van der Waals surface area contributed by atoms with Gasteiger partial charge in [-0.2, -0.15) is 0 Å². The number of carbonyl (C=O) groups is 1. The normalized spacial score (nSPS) is 16.5. The van der Waals surface area contributed by atoms with E-state index >= 15 is 0 Å². The van der Waals surface area contributed by atoms with Gasteiger partial charge in [0.15, 0.2) is 5.78 Å². The zero-order valence-electron chi connectivity index (χ0n) is 11.4. The van der Waals surface area contributed by atoms with Crippen LogP contribution in [-0.2, 0) is 6.42 Å². The maximum Gasteiger partial charge on any atom is 0.186 e. The van der Waals surface area contributed by atoms with Crippen LogP contribution < -0.4 is 5.32 Å². The second-order valence-electron chi connectivity index (χ2n) is 5.32. The van der Waals surface area contributed by atoms with Gasteiger partial charge in [0, 0.05) is 35.5 Å². The summed E-state index contributed by atoms with van der Waals surface area (Å²) in [5, 5.41) is 5.29. The van der Waals surface area contributed by atoms with E-state index in [0.717, 1.165) is 28.4 Å². The van der Waals surface area contributed by atoms with E-state index in [1.54, 1.807) is 12.4 Å². The van der Waals surface area contributed by atoms with Gasteiger partial charge in [-0.15, -0.1) is 0 Å². The van der Waals surface area contributed by atoms with Crippen molar-refractivity contribution >= 4 is 22.2 Å². The number of para-hydroxylation sites is 1. The molecular weight excluding hydrogens is 260 g/mol. The molecule has 3 nitrogen and oxygen atoms in total. The lowest BCUT2D eigenvalue weighted by atomic mass is 9.97. The predicted molar refractivity (Wildman–Crippen MR) is 83.6 cm³/mol. The number of rotatable bonds is 2. The summed E-state index contributed by atoms with van der Waals surface area (Å²) in [6.45, 7) is 0. The third-order valence-corrected chi connectivity index (χ3v) is 4.04. The number of nitrogens with zero attached hydrogens (tertiary/aromatic N) is 1. The van der Waals surface area contributed by atoms with Gasteiger partial charge in [-0.1, -0.05) is 36.4 Å². The van der Waals surface area contributed by atoms with Crippen molar-refractivity contribution in [2.75, 3.05) is 5.32 Å². The summed E-state index contributed by atoms with van der Waals surface area (Å²) < 4.78 is 0. The quantitative estimate of drug-likeness (QED) is 0.728. The van der Waals surface area contributed by atoms with Gasteiger partial charge in [0.2, 0.25) is 0 Å². The Morgan fingerprint density at radius 1 is 1.10 bits per heavy atom. The Balaban J connectivity index is 1.72. The molecule has 0 radical (unpaired) electrons. The molecule has 1 N–H and O–H groups in total. The van der Waals surface area contributed by atoms with Crippen molar-refractivity contribution in [2.24, 2.45) is 0 Å². The minimum absolute atomic E-state index is 0.129. The van der Waals surface area contributed by atoms with Gasteiger partial charge in [-0.25, -0.2) is 0 Å². The van der Waals surface area contributed by atoms with Crippen LogP contribution >= 0.6 is 0 Å². The summed E-state index contributed by atoms with van der Waals surface area (Å²) in [5.41, 5.74) is 3.01. The third kappa shape index (κ3) is 1.98. The number of fused-ring (bicyclic) bond motifs is 2. The first kappa shape index (κ1) is 12.1. The molecule has 1 aliphatic rings. The van der Waals surface area contributed by atoms with E-state index < -0.39 is 0 Å². The summed E-state index contributed by atoms with van der Waals surface area (Å²) in [6.07, 6.45) is 4.26. The second kappa shape index (κ2) is 4.70. The highest BCUT2D eigenvalue weighted by Crippen LogP contribution is 2.28. The van der Waals surface area contributed by atoms with Crippen LogP contribution in [0, 0.1) is 0 Å². The number of pyridine rings is 1. The minimum Gasteiger partial charge on any atom is -0.374 e. The summed E-state index contributed by atoms with van der Waals surface area (Å²) in [5.74, 6) is 0.129. The van der Waals surface area contributed by atoms with Gasteiger partial charge in [-0.05, 0) is 23.1 Å². The molecular formula is C18H14N2O. The smallest absolute Gasteiger partial charge is 0.186 e. The van der Waals surface area contributed by atoms with Crippen molar-refractivity contribution in [1.82, 2.24) is 4.98 Å². The van der Waals surface area contributed by atoms with Crippen LogP contribution in [0.2, 0.25) is 0 Å². The summed E-state index contributed by atoms with van der Waals surface area (Å²) in [7, 11) is 0. The van der Waals surface area contributed by atoms with Crippen LogP contribution in [0.4, 0.5) is 5.69 Å². The Bertz CT molecular complexity index is 811. The molecule has 102 valence electrons. The number of benzene rings is 2. The second-order valence-corrected chi connectivity index (χ2v) is 5.32. The zero-order chi connectivity index (χ0) is 14.2. The summed E-state index contributed by atoms with van der Waals surface area (Å²) in [4.78, 5) is 17.0. The summed E-state index contributed by atoms with van der Waals surface area (Å²) in [6, 6.07) is 15.7. The molecule has 4 rings (SSSR count). The molecule has 1 aliphatic heterocycles. The van der Waals surface area contributed by atoms with Crippen molar-refractivity contribution in [3.63, 3.8) is 0 Å². The first-order valence-corrected chi connectivity index (χ1v) is 7.04. The van der Waals surface area contributed by atoms with Crippen molar-refractivity contribution in [1.29, 1.82) is 0 Å². The van der Waals surface area contributed by atoms with Crippen molar-refractivity contribution in [3.8, 4) is 0 Å². The standard InChI is InChI=1S/C18H14N2O/c21-18(17-10-13-4-1-2-7-16(13)20-17)14-6-3-5-12-8-9-19-11-15(12)14/h1-9,11,17,20H,10H2. The number of ketones is 1. The van der Waals surface area contributed by atoms with Gasteiger partial charge in [0.05, 0.1) is 6.04 Å². The monoisotopic (exact) mass is 274 g/mol. The van der Waals surface area contributed by atoms with Crippen LogP contribution in [0.1, 0.15) is 15.9 Å². The molecule has 2 heterocycles. The molecule has 0 saturated heterocycles. The van der Waals surface area contributed by atoms with Crippen LogP contribution in [0.5, 0.6) is 0 Å². The van der Waals surface area contributed by atoms with E-state index in [1.807, 2.05) is 42.5 Å². The van der Waals surface area contributed by atoms with Crippen LogP contribution in [-0.4, -0.2) is 16.8 Å². The summed E-state index contributed by atoms with van der Waals surface area (Å²) >= 11 is 0. The first-order chi connectivity index (χ1) is 10.3. The maximum atomic E-state index is 12.8. The molecule has 1 unspecified atom stereocenters. The Labute approximate surface area is 122 Å². The topological polar surface area (TPSA) is 42.0 Å². The molecule has 0 aliphatic carbocycles. The first-order valence-electron chi connectivity index (χ1n) is 7.04. The average molecular weight is 274 g/mol. The lowest BCUT2D eigenvalue weighted by Crippen LogP contribution is -2.27. The molecule has 0 fully saturated rings. The number of carbonyl (C=O) groups excluding carboxylic acids is 1. The van der Waals surface area contributed by atoms with Gasteiger partial charge in [-0.3, -0.25) is 9.78 Å². The zero-order valence-corrected chi connectivity index (χ0v) is 11.4. The van der Waals surface area contributed by atoms with E-state index in [2.05, 4.69) is 16.4 Å². The van der Waals surface area contributed by atoms with Gasteiger partial charge in [0.1, 0.15) is 0 Å². The number of nitrogens with one attached hydrogen (secondary N) is 1. The SMILES string of the molecule is O=C(c1cccc2ccncc12)C1Cc2ccccc2N1. The number of hydrogen-bond acceptors (Lipinski definition) is 3. The molecule has 21 heavy (non-hydrogen) atoms. The molecule has 0 saturated carbocycles. The number of Topliss-reactive ketones (excluding diaryl/α,β-unsaturated/α-hetero) is 1. The highest BCUT2D eigenvalue weighted by atomic mass is 16.1. The highest BCUT2D eigenvalue weighted by Gasteiger charge is 2.27. The van der Waals surface area contributed by atoms with Gasteiger partial charge in [0.25, 0.3) is 0 Å². The molecule has 3 heteroatoms. The number of hydrogen-bond donors (Lipinski definition) is 1. The number of aromatic nitrogens is 1. The molecule has 3 aromatic rings. The van der Waals surface area contributed by atoms with Crippen molar-refractivity contribution < 1.29 is 4.79 Å². The van der Waals surface area contributed by atoms with Crippen molar-refractivity contribution in [3.05, 3.63) is 72.1 Å². The van der Waals surface area contributed by atoms with Crippen LogP contribution in [0.15, 0.2) is 60.9 Å².